The Bertz CT molecular complexity index is 555. The van der Waals surface area contributed by atoms with E-state index in [1.54, 1.807) is 7.11 Å². The molecule has 0 heterocycles. The fraction of sp³-hybridized carbons (Fsp3) is 0.125. The van der Waals surface area contributed by atoms with Gasteiger partial charge in [0.05, 0.1) is 7.11 Å². The van der Waals surface area contributed by atoms with E-state index >= 15 is 0 Å². The number of hydrogen-bond donors (Lipinski definition) is 0. The van der Waals surface area contributed by atoms with Crippen LogP contribution in [0.15, 0.2) is 60.7 Å². The van der Waals surface area contributed by atoms with Gasteiger partial charge in [-0.05, 0) is 17.2 Å². The van der Waals surface area contributed by atoms with Crippen LogP contribution >= 0.6 is 0 Å². The third-order valence-electron chi connectivity index (χ3n) is 3.26. The molecule has 0 amide bonds. The minimum atomic E-state index is 0.322. The third kappa shape index (κ3) is 1.64. The second-order valence-electron chi connectivity index (χ2n) is 4.21. The summed E-state index contributed by atoms with van der Waals surface area (Å²) in [5.74, 6) is 1.30. The fourth-order valence-electron chi connectivity index (χ4n) is 2.44. The number of hydrogen-bond acceptors (Lipinski definition) is 1. The highest BCUT2D eigenvalue weighted by molar-refractivity contribution is 5.72. The smallest absolute Gasteiger partial charge is 0.123 e. The Labute approximate surface area is 101 Å². The summed E-state index contributed by atoms with van der Waals surface area (Å²) >= 11 is 0. The first-order valence-electron chi connectivity index (χ1n) is 5.80. The summed E-state index contributed by atoms with van der Waals surface area (Å²) in [7, 11) is 1.73. The quantitative estimate of drug-likeness (QED) is 0.750. The molecule has 0 bridgehead atoms. The van der Waals surface area contributed by atoms with Crippen LogP contribution in [0.2, 0.25) is 0 Å². The SMILES string of the molecule is COC1=C[C@H](c2ccccc2)c2ccccc21. The first-order valence-corrected chi connectivity index (χ1v) is 5.80. The monoisotopic (exact) mass is 222 g/mol. The molecule has 0 saturated heterocycles. The van der Waals surface area contributed by atoms with E-state index in [0.29, 0.717) is 5.92 Å². The largest absolute Gasteiger partial charge is 0.496 e. The predicted molar refractivity (Wildman–Crippen MR) is 69.7 cm³/mol. The Morgan fingerprint density at radius 3 is 2.35 bits per heavy atom. The third-order valence-corrected chi connectivity index (χ3v) is 3.26. The summed E-state index contributed by atoms with van der Waals surface area (Å²) in [4.78, 5) is 0. The highest BCUT2D eigenvalue weighted by atomic mass is 16.5. The topological polar surface area (TPSA) is 9.23 Å². The summed E-state index contributed by atoms with van der Waals surface area (Å²) in [5, 5.41) is 0. The molecule has 0 unspecified atom stereocenters. The molecule has 0 radical (unpaired) electrons. The second-order valence-corrected chi connectivity index (χ2v) is 4.21. The highest BCUT2D eigenvalue weighted by Crippen LogP contribution is 2.39. The summed E-state index contributed by atoms with van der Waals surface area (Å²) in [5.41, 5.74) is 3.85. The van der Waals surface area contributed by atoms with Crippen molar-refractivity contribution < 1.29 is 4.74 Å². The van der Waals surface area contributed by atoms with Crippen LogP contribution in [-0.2, 0) is 4.74 Å². The molecule has 2 aromatic carbocycles. The lowest BCUT2D eigenvalue weighted by atomic mass is 9.93. The van der Waals surface area contributed by atoms with Crippen molar-refractivity contribution in [2.75, 3.05) is 7.11 Å². The average molecular weight is 222 g/mol. The molecule has 0 saturated carbocycles. The van der Waals surface area contributed by atoms with E-state index in [1.165, 1.54) is 16.7 Å². The van der Waals surface area contributed by atoms with Crippen LogP contribution in [0.1, 0.15) is 22.6 Å². The summed E-state index contributed by atoms with van der Waals surface area (Å²) in [6.07, 6.45) is 2.19. The lowest BCUT2D eigenvalue weighted by molar-refractivity contribution is 0.370. The van der Waals surface area contributed by atoms with Gasteiger partial charge in [-0.1, -0.05) is 54.6 Å². The Morgan fingerprint density at radius 2 is 1.59 bits per heavy atom. The molecular formula is C16H14O. The number of fused-ring (bicyclic) bond motifs is 1. The molecule has 1 aliphatic rings. The van der Waals surface area contributed by atoms with Crippen LogP contribution in [0.25, 0.3) is 5.76 Å². The van der Waals surface area contributed by atoms with E-state index < -0.39 is 0 Å². The van der Waals surface area contributed by atoms with Crippen LogP contribution in [0.5, 0.6) is 0 Å². The number of rotatable bonds is 2. The van der Waals surface area contributed by atoms with E-state index in [-0.39, 0.29) is 0 Å². The molecule has 1 atom stereocenters. The van der Waals surface area contributed by atoms with E-state index in [0.717, 1.165) is 5.76 Å². The molecular weight excluding hydrogens is 208 g/mol. The molecule has 1 heteroatoms. The van der Waals surface area contributed by atoms with Crippen LogP contribution in [0, 0.1) is 0 Å². The van der Waals surface area contributed by atoms with Gasteiger partial charge < -0.3 is 4.74 Å². The Balaban J connectivity index is 2.12. The summed E-state index contributed by atoms with van der Waals surface area (Å²) in [6, 6.07) is 19.0. The Hall–Kier alpha value is -2.02. The average Bonchev–Trinajstić information content (AvgIpc) is 2.78. The fourth-order valence-corrected chi connectivity index (χ4v) is 2.44. The number of methoxy groups -OCH3 is 1. The molecule has 0 N–H and O–H groups in total. The number of ether oxygens (including phenoxy) is 1. The van der Waals surface area contributed by atoms with E-state index in [2.05, 4.69) is 54.6 Å². The first-order chi connectivity index (χ1) is 8.40. The summed E-state index contributed by atoms with van der Waals surface area (Å²) in [6.45, 7) is 0. The molecule has 0 fully saturated rings. The summed E-state index contributed by atoms with van der Waals surface area (Å²) < 4.78 is 5.45. The van der Waals surface area contributed by atoms with Gasteiger partial charge in [0.25, 0.3) is 0 Å². The maximum atomic E-state index is 5.45. The van der Waals surface area contributed by atoms with Gasteiger partial charge in [-0.25, -0.2) is 0 Å². The maximum Gasteiger partial charge on any atom is 0.123 e. The molecule has 3 rings (SSSR count). The maximum absolute atomic E-state index is 5.45. The van der Waals surface area contributed by atoms with Gasteiger partial charge in [-0.15, -0.1) is 0 Å². The van der Waals surface area contributed by atoms with E-state index in [4.69, 9.17) is 4.74 Å². The van der Waals surface area contributed by atoms with Gasteiger partial charge in [-0.3, -0.25) is 0 Å². The van der Waals surface area contributed by atoms with Crippen molar-refractivity contribution in [1.29, 1.82) is 0 Å². The standard InChI is InChI=1S/C16H14O/c1-17-16-11-15(12-7-3-2-4-8-12)13-9-5-6-10-14(13)16/h2-11,15H,1H3/t15-/m1/s1. The normalized spacial score (nSPS) is 17.5. The molecule has 0 aromatic heterocycles. The van der Waals surface area contributed by atoms with Crippen LogP contribution in [-0.4, -0.2) is 7.11 Å². The van der Waals surface area contributed by atoms with Crippen LogP contribution in [0.3, 0.4) is 0 Å². The van der Waals surface area contributed by atoms with Crippen LogP contribution < -0.4 is 0 Å². The highest BCUT2D eigenvalue weighted by Gasteiger charge is 2.24. The zero-order valence-electron chi connectivity index (χ0n) is 9.76. The van der Waals surface area contributed by atoms with Gasteiger partial charge in [0, 0.05) is 11.5 Å². The number of benzene rings is 2. The molecule has 1 aliphatic carbocycles. The van der Waals surface area contributed by atoms with Gasteiger partial charge in [-0.2, -0.15) is 0 Å². The van der Waals surface area contributed by atoms with Crippen molar-refractivity contribution in [2.24, 2.45) is 0 Å². The predicted octanol–water partition coefficient (Wildman–Crippen LogP) is 3.82. The van der Waals surface area contributed by atoms with Gasteiger partial charge >= 0.3 is 0 Å². The Morgan fingerprint density at radius 1 is 0.882 bits per heavy atom. The minimum Gasteiger partial charge on any atom is -0.496 e. The van der Waals surface area contributed by atoms with Crippen molar-refractivity contribution in [3.63, 3.8) is 0 Å². The van der Waals surface area contributed by atoms with Gasteiger partial charge in [0.15, 0.2) is 0 Å². The van der Waals surface area contributed by atoms with Crippen molar-refractivity contribution in [2.45, 2.75) is 5.92 Å². The lowest BCUT2D eigenvalue weighted by Gasteiger charge is -2.10. The molecule has 2 aromatic rings. The van der Waals surface area contributed by atoms with E-state index in [1.807, 2.05) is 6.07 Å². The second kappa shape index (κ2) is 4.10. The number of allylic oxidation sites excluding steroid dienone is 1. The molecule has 0 aliphatic heterocycles. The van der Waals surface area contributed by atoms with Crippen molar-refractivity contribution in [3.05, 3.63) is 77.4 Å². The van der Waals surface area contributed by atoms with Crippen LogP contribution in [0.4, 0.5) is 0 Å². The molecule has 84 valence electrons. The Kier molecular flexibility index (Phi) is 2.45. The molecule has 1 nitrogen and oxygen atoms in total. The van der Waals surface area contributed by atoms with Gasteiger partial charge in [0.1, 0.15) is 5.76 Å². The first kappa shape index (κ1) is 10.2. The van der Waals surface area contributed by atoms with Crippen molar-refractivity contribution in [3.8, 4) is 0 Å². The molecule has 17 heavy (non-hydrogen) atoms. The minimum absolute atomic E-state index is 0.322. The van der Waals surface area contributed by atoms with Crippen molar-refractivity contribution in [1.82, 2.24) is 0 Å². The van der Waals surface area contributed by atoms with Gasteiger partial charge in [0.2, 0.25) is 0 Å². The zero-order valence-corrected chi connectivity index (χ0v) is 9.76. The lowest BCUT2D eigenvalue weighted by Crippen LogP contribution is -1.94. The van der Waals surface area contributed by atoms with Crippen molar-refractivity contribution >= 4 is 5.76 Å². The molecule has 0 spiro atoms. The zero-order chi connectivity index (χ0) is 11.7. The van der Waals surface area contributed by atoms with E-state index in [9.17, 15) is 0 Å².